The Morgan fingerprint density at radius 1 is 1.10 bits per heavy atom. The van der Waals surface area contributed by atoms with Crippen LogP contribution in [0.5, 0.6) is 5.75 Å². The highest BCUT2D eigenvalue weighted by Crippen LogP contribution is 2.19. The van der Waals surface area contributed by atoms with Gasteiger partial charge in [0, 0.05) is 18.3 Å². The van der Waals surface area contributed by atoms with Gasteiger partial charge in [-0.3, -0.25) is 14.7 Å². The zero-order chi connectivity index (χ0) is 20.6. The van der Waals surface area contributed by atoms with E-state index in [-0.39, 0.29) is 24.2 Å². The molecular weight excluding hydrogens is 390 g/mol. The molecule has 0 unspecified atom stereocenters. The van der Waals surface area contributed by atoms with Crippen LogP contribution < -0.4 is 15.4 Å². The number of thioether (sulfide) groups is 1. The molecule has 3 aromatic rings. The van der Waals surface area contributed by atoms with E-state index in [0.29, 0.717) is 22.4 Å². The van der Waals surface area contributed by atoms with E-state index in [1.54, 1.807) is 24.3 Å². The van der Waals surface area contributed by atoms with Gasteiger partial charge in [-0.05, 0) is 36.8 Å². The minimum atomic E-state index is -0.197. The molecule has 3 rings (SSSR count). The van der Waals surface area contributed by atoms with E-state index in [4.69, 9.17) is 4.74 Å². The van der Waals surface area contributed by atoms with E-state index in [1.807, 2.05) is 31.2 Å². The molecule has 9 heteroatoms. The van der Waals surface area contributed by atoms with Crippen LogP contribution in [0.25, 0.3) is 0 Å². The number of rotatable bonds is 8. The van der Waals surface area contributed by atoms with Crippen molar-refractivity contribution in [2.45, 2.75) is 25.6 Å². The Hall–Kier alpha value is -3.33. The summed E-state index contributed by atoms with van der Waals surface area (Å²) < 4.78 is 5.73. The fraction of sp³-hybridized carbons (Fsp3) is 0.200. The summed E-state index contributed by atoms with van der Waals surface area (Å²) in [5.41, 5.74) is 2.26. The van der Waals surface area contributed by atoms with Crippen LogP contribution in [0, 0.1) is 6.92 Å². The second kappa shape index (κ2) is 9.74. The van der Waals surface area contributed by atoms with E-state index in [0.717, 1.165) is 11.3 Å². The fourth-order valence-corrected chi connectivity index (χ4v) is 3.09. The van der Waals surface area contributed by atoms with Crippen molar-refractivity contribution in [3.8, 4) is 5.75 Å². The van der Waals surface area contributed by atoms with E-state index in [9.17, 15) is 9.59 Å². The third-order valence-corrected chi connectivity index (χ3v) is 4.62. The molecule has 1 heterocycles. The molecule has 29 heavy (non-hydrogen) atoms. The van der Waals surface area contributed by atoms with Crippen LogP contribution in [0.1, 0.15) is 18.3 Å². The number of para-hydroxylation sites is 1. The van der Waals surface area contributed by atoms with Gasteiger partial charge >= 0.3 is 0 Å². The van der Waals surface area contributed by atoms with Crippen molar-refractivity contribution in [3.05, 3.63) is 59.9 Å². The molecule has 0 aliphatic heterocycles. The lowest BCUT2D eigenvalue weighted by molar-refractivity contribution is -0.114. The van der Waals surface area contributed by atoms with E-state index >= 15 is 0 Å². The van der Waals surface area contributed by atoms with Crippen LogP contribution in [0.2, 0.25) is 0 Å². The molecule has 0 fully saturated rings. The number of carbonyl (C=O) groups is 2. The van der Waals surface area contributed by atoms with Gasteiger partial charge in [0.05, 0.1) is 5.75 Å². The number of amides is 2. The number of aromatic amines is 1. The molecule has 3 N–H and O–H groups in total. The van der Waals surface area contributed by atoms with Crippen LogP contribution in [-0.4, -0.2) is 32.7 Å². The summed E-state index contributed by atoms with van der Waals surface area (Å²) in [6, 6.07) is 14.7. The van der Waals surface area contributed by atoms with Gasteiger partial charge < -0.3 is 15.4 Å². The van der Waals surface area contributed by atoms with Gasteiger partial charge in [0.25, 0.3) is 0 Å². The Balaban J connectivity index is 1.47. The lowest BCUT2D eigenvalue weighted by atomic mass is 10.2. The van der Waals surface area contributed by atoms with Crippen LogP contribution >= 0.6 is 11.8 Å². The molecule has 0 bridgehead atoms. The van der Waals surface area contributed by atoms with Gasteiger partial charge in [-0.15, -0.1) is 5.10 Å². The Labute approximate surface area is 172 Å². The number of aryl methyl sites for hydroxylation is 1. The molecule has 2 amide bonds. The predicted molar refractivity (Wildman–Crippen MR) is 112 cm³/mol. The standard InChI is InChI=1S/C20H21N5O3S/c1-13-6-3-4-9-17(13)28-11-18-23-20(25-24-18)29-12-19(27)22-16-8-5-7-15(10-16)21-14(2)26/h3-10H,11-12H2,1-2H3,(H,21,26)(H,22,27)(H,23,24,25). The quantitative estimate of drug-likeness (QED) is 0.490. The largest absolute Gasteiger partial charge is 0.485 e. The minimum Gasteiger partial charge on any atom is -0.485 e. The van der Waals surface area contributed by atoms with Crippen LogP contribution in [0.15, 0.2) is 53.7 Å². The SMILES string of the molecule is CC(=O)Nc1cccc(NC(=O)CSc2n[nH]c(COc3ccccc3C)n2)c1. The fourth-order valence-electron chi connectivity index (χ4n) is 2.48. The first-order valence-electron chi connectivity index (χ1n) is 8.89. The molecular formula is C20H21N5O3S. The second-order valence-electron chi connectivity index (χ2n) is 6.22. The average Bonchev–Trinajstić information content (AvgIpc) is 3.13. The summed E-state index contributed by atoms with van der Waals surface area (Å²) in [6.07, 6.45) is 0. The Morgan fingerprint density at radius 2 is 1.86 bits per heavy atom. The van der Waals surface area contributed by atoms with E-state index in [2.05, 4.69) is 25.8 Å². The molecule has 8 nitrogen and oxygen atoms in total. The first-order valence-corrected chi connectivity index (χ1v) is 9.88. The van der Waals surface area contributed by atoms with Gasteiger partial charge in [0.1, 0.15) is 12.4 Å². The normalized spacial score (nSPS) is 10.4. The molecule has 0 saturated heterocycles. The van der Waals surface area contributed by atoms with E-state index < -0.39 is 0 Å². The molecule has 0 saturated carbocycles. The first-order chi connectivity index (χ1) is 14.0. The summed E-state index contributed by atoms with van der Waals surface area (Å²) in [7, 11) is 0. The van der Waals surface area contributed by atoms with E-state index in [1.165, 1.54) is 18.7 Å². The molecule has 2 aromatic carbocycles. The number of nitrogens with one attached hydrogen (secondary N) is 3. The maximum atomic E-state index is 12.2. The molecule has 1 aromatic heterocycles. The van der Waals surface area contributed by atoms with Gasteiger partial charge in [0.15, 0.2) is 5.82 Å². The summed E-state index contributed by atoms with van der Waals surface area (Å²) in [5.74, 6) is 1.16. The predicted octanol–water partition coefficient (Wildman–Crippen LogP) is 3.38. The maximum Gasteiger partial charge on any atom is 0.234 e. The lowest BCUT2D eigenvalue weighted by Gasteiger charge is -2.07. The van der Waals surface area contributed by atoms with Crippen LogP contribution in [-0.2, 0) is 16.2 Å². The molecule has 0 aliphatic carbocycles. The number of nitrogens with zero attached hydrogens (tertiary/aromatic N) is 2. The lowest BCUT2D eigenvalue weighted by Crippen LogP contribution is -2.14. The van der Waals surface area contributed by atoms with Gasteiger partial charge in [-0.1, -0.05) is 36.0 Å². The van der Waals surface area contributed by atoms with Crippen molar-refractivity contribution in [2.75, 3.05) is 16.4 Å². The third-order valence-electron chi connectivity index (χ3n) is 3.77. The molecule has 0 atom stereocenters. The molecule has 0 aliphatic rings. The topological polar surface area (TPSA) is 109 Å². The summed E-state index contributed by atoms with van der Waals surface area (Å²) >= 11 is 1.22. The summed E-state index contributed by atoms with van der Waals surface area (Å²) in [6.45, 7) is 3.67. The van der Waals surface area contributed by atoms with Crippen molar-refractivity contribution >= 4 is 35.0 Å². The Bertz CT molecular complexity index is 1010. The second-order valence-corrected chi connectivity index (χ2v) is 7.16. The van der Waals surface area contributed by atoms with Crippen molar-refractivity contribution in [3.63, 3.8) is 0 Å². The van der Waals surface area contributed by atoms with Crippen LogP contribution in [0.3, 0.4) is 0 Å². The maximum absolute atomic E-state index is 12.2. The third kappa shape index (κ3) is 6.35. The Kier molecular flexibility index (Phi) is 6.85. The highest BCUT2D eigenvalue weighted by atomic mass is 32.2. The zero-order valence-corrected chi connectivity index (χ0v) is 16.9. The number of H-pyrrole nitrogens is 1. The molecule has 0 spiro atoms. The Morgan fingerprint density at radius 3 is 2.62 bits per heavy atom. The number of benzene rings is 2. The van der Waals surface area contributed by atoms with Crippen molar-refractivity contribution < 1.29 is 14.3 Å². The van der Waals surface area contributed by atoms with Crippen molar-refractivity contribution in [2.24, 2.45) is 0 Å². The number of carbonyl (C=O) groups excluding carboxylic acids is 2. The average molecular weight is 411 g/mol. The van der Waals surface area contributed by atoms with Gasteiger partial charge in [0.2, 0.25) is 17.0 Å². The number of hydrogen-bond acceptors (Lipinski definition) is 6. The highest BCUT2D eigenvalue weighted by Gasteiger charge is 2.09. The van der Waals surface area contributed by atoms with Gasteiger partial charge in [-0.2, -0.15) is 0 Å². The number of hydrogen-bond donors (Lipinski definition) is 3. The van der Waals surface area contributed by atoms with Crippen LogP contribution in [0.4, 0.5) is 11.4 Å². The van der Waals surface area contributed by atoms with Gasteiger partial charge in [-0.25, -0.2) is 4.98 Å². The number of anilines is 2. The van der Waals surface area contributed by atoms with Crippen molar-refractivity contribution in [1.29, 1.82) is 0 Å². The number of aromatic nitrogens is 3. The summed E-state index contributed by atoms with van der Waals surface area (Å²) in [4.78, 5) is 27.6. The minimum absolute atomic E-state index is 0.153. The molecule has 150 valence electrons. The highest BCUT2D eigenvalue weighted by molar-refractivity contribution is 7.99. The first kappa shape index (κ1) is 20.4. The zero-order valence-electron chi connectivity index (χ0n) is 16.1. The molecule has 0 radical (unpaired) electrons. The monoisotopic (exact) mass is 411 g/mol. The van der Waals surface area contributed by atoms with Crippen molar-refractivity contribution in [1.82, 2.24) is 15.2 Å². The smallest absolute Gasteiger partial charge is 0.234 e. The number of ether oxygens (including phenoxy) is 1. The summed E-state index contributed by atoms with van der Waals surface area (Å²) in [5, 5.41) is 12.8.